The number of halogens is 1. The summed E-state index contributed by atoms with van der Waals surface area (Å²) in [7, 11) is 0. The number of rotatable bonds is 3. The molecule has 2 N–H and O–H groups in total. The Bertz CT molecular complexity index is 1220. The first-order valence-electron chi connectivity index (χ1n) is 10.6. The fourth-order valence-corrected chi connectivity index (χ4v) is 4.07. The summed E-state index contributed by atoms with van der Waals surface area (Å²) in [6.45, 7) is 2.74. The van der Waals surface area contributed by atoms with Crippen LogP contribution in [0.4, 0.5) is 10.1 Å². The quantitative estimate of drug-likeness (QED) is 0.615. The van der Waals surface area contributed by atoms with Crippen molar-refractivity contribution >= 4 is 29.2 Å². The highest BCUT2D eigenvalue weighted by atomic mass is 19.1. The van der Waals surface area contributed by atoms with Gasteiger partial charge in [-0.2, -0.15) is 0 Å². The Balaban J connectivity index is 1.38. The molecule has 3 aromatic rings. The molecule has 1 aromatic heterocycles. The first kappa shape index (κ1) is 20.2. The zero-order valence-corrected chi connectivity index (χ0v) is 17.4. The first-order chi connectivity index (χ1) is 15.6. The number of anilines is 1. The minimum absolute atomic E-state index is 0.0591. The van der Waals surface area contributed by atoms with E-state index in [2.05, 4.69) is 10.6 Å². The van der Waals surface area contributed by atoms with Gasteiger partial charge in [0.2, 0.25) is 0 Å². The highest BCUT2D eigenvalue weighted by Gasteiger charge is 2.24. The van der Waals surface area contributed by atoms with E-state index in [4.69, 9.17) is 4.42 Å². The number of para-hydroxylation sites is 1. The van der Waals surface area contributed by atoms with Crippen molar-refractivity contribution in [2.75, 3.05) is 31.5 Å². The van der Waals surface area contributed by atoms with E-state index in [1.165, 1.54) is 12.1 Å². The monoisotopic (exact) mass is 431 g/mol. The van der Waals surface area contributed by atoms with Crippen molar-refractivity contribution < 1.29 is 18.4 Å². The Kier molecular flexibility index (Phi) is 5.33. The summed E-state index contributed by atoms with van der Waals surface area (Å²) in [4.78, 5) is 26.7. The van der Waals surface area contributed by atoms with Gasteiger partial charge < -0.3 is 20.0 Å². The van der Waals surface area contributed by atoms with Gasteiger partial charge in [-0.3, -0.25) is 9.59 Å². The molecule has 1 fully saturated rings. The second kappa shape index (κ2) is 8.43. The van der Waals surface area contributed by atoms with Gasteiger partial charge in [0.25, 0.3) is 11.8 Å². The molecular weight excluding hydrogens is 409 g/mol. The number of furan rings is 1. The van der Waals surface area contributed by atoms with Crippen LogP contribution in [0.2, 0.25) is 0 Å². The molecule has 1 saturated heterocycles. The SMILES string of the molecule is O=C1Nc2ccccc2/C1=C\c1ccc(-c2ccc(C(=O)N3CCCNCC3)c(F)c2)o1. The van der Waals surface area contributed by atoms with Crippen LogP contribution >= 0.6 is 0 Å². The third kappa shape index (κ3) is 3.83. The van der Waals surface area contributed by atoms with Crippen molar-refractivity contribution in [2.24, 2.45) is 0 Å². The predicted octanol–water partition coefficient (Wildman–Crippen LogP) is 4.01. The van der Waals surface area contributed by atoms with E-state index in [0.29, 0.717) is 42.3 Å². The second-order valence-corrected chi connectivity index (χ2v) is 7.85. The number of nitrogens with zero attached hydrogens (tertiary/aromatic N) is 1. The molecular formula is C25H22FN3O3. The van der Waals surface area contributed by atoms with Crippen LogP contribution in [0.25, 0.3) is 23.0 Å². The number of nitrogens with one attached hydrogen (secondary N) is 2. The summed E-state index contributed by atoms with van der Waals surface area (Å²) < 4.78 is 20.7. The van der Waals surface area contributed by atoms with Gasteiger partial charge in [-0.15, -0.1) is 0 Å². The van der Waals surface area contributed by atoms with Crippen LogP contribution in [0.3, 0.4) is 0 Å². The van der Waals surface area contributed by atoms with Crippen molar-refractivity contribution in [1.29, 1.82) is 0 Å². The Morgan fingerprint density at radius 2 is 1.94 bits per heavy atom. The maximum Gasteiger partial charge on any atom is 0.256 e. The molecule has 0 bridgehead atoms. The number of amides is 2. The Morgan fingerprint density at radius 3 is 2.81 bits per heavy atom. The molecule has 0 spiro atoms. The molecule has 7 heteroatoms. The summed E-state index contributed by atoms with van der Waals surface area (Å²) in [6, 6.07) is 15.4. The van der Waals surface area contributed by atoms with Crippen molar-refractivity contribution in [1.82, 2.24) is 10.2 Å². The number of carbonyl (C=O) groups excluding carboxylic acids is 2. The molecule has 2 amide bonds. The van der Waals surface area contributed by atoms with Gasteiger partial charge in [-0.25, -0.2) is 4.39 Å². The fraction of sp³-hybridized carbons (Fsp3) is 0.200. The van der Waals surface area contributed by atoms with Gasteiger partial charge in [0.05, 0.1) is 11.1 Å². The van der Waals surface area contributed by atoms with Crippen molar-refractivity contribution in [2.45, 2.75) is 6.42 Å². The summed E-state index contributed by atoms with van der Waals surface area (Å²) in [5.41, 5.74) is 2.67. The molecule has 0 aliphatic carbocycles. The van der Waals surface area contributed by atoms with Gasteiger partial charge in [0.1, 0.15) is 17.3 Å². The lowest BCUT2D eigenvalue weighted by Gasteiger charge is -2.20. The first-order valence-corrected chi connectivity index (χ1v) is 10.6. The lowest BCUT2D eigenvalue weighted by atomic mass is 10.1. The predicted molar refractivity (Wildman–Crippen MR) is 120 cm³/mol. The van der Waals surface area contributed by atoms with E-state index < -0.39 is 5.82 Å². The maximum absolute atomic E-state index is 14.8. The van der Waals surface area contributed by atoms with Crippen molar-refractivity contribution in [3.63, 3.8) is 0 Å². The molecule has 0 saturated carbocycles. The molecule has 32 heavy (non-hydrogen) atoms. The summed E-state index contributed by atoms with van der Waals surface area (Å²) in [5, 5.41) is 6.06. The van der Waals surface area contributed by atoms with Gasteiger partial charge in [0, 0.05) is 36.4 Å². The molecule has 2 aromatic carbocycles. The zero-order chi connectivity index (χ0) is 22.1. The number of carbonyl (C=O) groups is 2. The summed E-state index contributed by atoms with van der Waals surface area (Å²) in [6.07, 6.45) is 2.52. The maximum atomic E-state index is 14.8. The van der Waals surface area contributed by atoms with Crippen molar-refractivity contribution in [3.8, 4) is 11.3 Å². The average Bonchev–Trinajstić information content (AvgIpc) is 3.27. The molecule has 2 aliphatic rings. The van der Waals surface area contributed by atoms with Crippen molar-refractivity contribution in [3.05, 3.63) is 77.3 Å². The molecule has 0 radical (unpaired) electrons. The van der Waals surface area contributed by atoms with Gasteiger partial charge >= 0.3 is 0 Å². The van der Waals surface area contributed by atoms with Gasteiger partial charge in [0.15, 0.2) is 0 Å². The lowest BCUT2D eigenvalue weighted by molar-refractivity contribution is -0.110. The largest absolute Gasteiger partial charge is 0.457 e. The minimum Gasteiger partial charge on any atom is -0.457 e. The molecule has 5 rings (SSSR count). The van der Waals surface area contributed by atoms with E-state index in [-0.39, 0.29) is 17.4 Å². The lowest BCUT2D eigenvalue weighted by Crippen LogP contribution is -2.34. The molecule has 0 unspecified atom stereocenters. The zero-order valence-electron chi connectivity index (χ0n) is 17.4. The molecule has 162 valence electrons. The van der Waals surface area contributed by atoms with Crippen LogP contribution in [0, 0.1) is 5.82 Å². The number of hydrogen-bond acceptors (Lipinski definition) is 4. The van der Waals surface area contributed by atoms with Crippen LogP contribution in [0.1, 0.15) is 28.1 Å². The second-order valence-electron chi connectivity index (χ2n) is 7.85. The third-order valence-corrected chi connectivity index (χ3v) is 5.73. The normalized spacial score (nSPS) is 17.2. The van der Waals surface area contributed by atoms with E-state index in [0.717, 1.165) is 24.2 Å². The average molecular weight is 431 g/mol. The van der Waals surface area contributed by atoms with Crippen LogP contribution < -0.4 is 10.6 Å². The Morgan fingerprint density at radius 1 is 1.06 bits per heavy atom. The van der Waals surface area contributed by atoms with Crippen LogP contribution in [-0.4, -0.2) is 42.9 Å². The molecule has 2 aliphatic heterocycles. The Hall–Kier alpha value is -3.71. The third-order valence-electron chi connectivity index (χ3n) is 5.73. The number of hydrogen-bond donors (Lipinski definition) is 2. The van der Waals surface area contributed by atoms with Crippen LogP contribution in [-0.2, 0) is 4.79 Å². The number of fused-ring (bicyclic) bond motifs is 1. The minimum atomic E-state index is -0.579. The Labute approximate surface area is 184 Å². The standard InChI is InChI=1S/C25H22FN3O3/c26-21-14-16(6-8-19(21)25(31)29-12-3-10-27-11-13-29)23-9-7-17(32-23)15-20-18-4-1-2-5-22(18)28-24(20)30/h1-2,4-9,14-15,27H,3,10-13H2,(H,28,30)/b20-15+. The van der Waals surface area contributed by atoms with E-state index in [1.807, 2.05) is 24.3 Å². The fourth-order valence-electron chi connectivity index (χ4n) is 4.07. The van der Waals surface area contributed by atoms with Crippen LogP contribution in [0.5, 0.6) is 0 Å². The molecule has 0 atom stereocenters. The smallest absolute Gasteiger partial charge is 0.256 e. The summed E-state index contributed by atoms with van der Waals surface area (Å²) >= 11 is 0. The summed E-state index contributed by atoms with van der Waals surface area (Å²) in [5.74, 6) is -0.125. The number of benzene rings is 2. The topological polar surface area (TPSA) is 74.6 Å². The van der Waals surface area contributed by atoms with E-state index >= 15 is 0 Å². The van der Waals surface area contributed by atoms with Gasteiger partial charge in [-0.1, -0.05) is 24.3 Å². The van der Waals surface area contributed by atoms with E-state index in [9.17, 15) is 14.0 Å². The highest BCUT2D eigenvalue weighted by Crippen LogP contribution is 2.34. The molecule has 6 nitrogen and oxygen atoms in total. The van der Waals surface area contributed by atoms with E-state index in [1.54, 1.807) is 29.2 Å². The molecule has 3 heterocycles. The van der Waals surface area contributed by atoms with Crippen LogP contribution in [0.15, 0.2) is 59.0 Å². The highest BCUT2D eigenvalue weighted by molar-refractivity contribution is 6.34. The van der Waals surface area contributed by atoms with Gasteiger partial charge in [-0.05, 0) is 49.4 Å².